The molecule has 0 saturated carbocycles. The molecule has 2 amide bonds. The third kappa shape index (κ3) is 2.36. The van der Waals surface area contributed by atoms with E-state index in [1.54, 1.807) is 11.8 Å². The molecule has 92 valence electrons. The van der Waals surface area contributed by atoms with Gasteiger partial charge in [-0.3, -0.25) is 9.59 Å². The Balaban J connectivity index is 2.95. The van der Waals surface area contributed by atoms with Crippen LogP contribution in [0.1, 0.15) is 47.5 Å². The van der Waals surface area contributed by atoms with Crippen LogP contribution in [-0.4, -0.2) is 34.3 Å². The normalized spacial score (nSPS) is 26.9. The zero-order chi connectivity index (χ0) is 12.5. The number of nitrogens with one attached hydrogen (secondary N) is 1. The Bertz CT molecular complexity index is 294. The second-order valence-electron chi connectivity index (χ2n) is 5.40. The molecule has 1 N–H and O–H groups in total. The molecular formula is C12H22N2O2. The van der Waals surface area contributed by atoms with Gasteiger partial charge in [-0.05, 0) is 34.1 Å². The monoisotopic (exact) mass is 226 g/mol. The van der Waals surface area contributed by atoms with Crippen LogP contribution in [0.4, 0.5) is 0 Å². The number of carbonyl (C=O) groups is 2. The molecule has 16 heavy (non-hydrogen) atoms. The molecular weight excluding hydrogens is 204 g/mol. The van der Waals surface area contributed by atoms with Crippen molar-refractivity contribution in [3.63, 3.8) is 0 Å². The topological polar surface area (TPSA) is 49.4 Å². The van der Waals surface area contributed by atoms with Crippen molar-refractivity contribution < 1.29 is 9.59 Å². The number of hydrogen-bond donors (Lipinski definition) is 1. The molecule has 2 atom stereocenters. The lowest BCUT2D eigenvalue weighted by Crippen LogP contribution is -2.66. The largest absolute Gasteiger partial charge is 0.343 e. The molecule has 1 rings (SSSR count). The van der Waals surface area contributed by atoms with E-state index in [1.165, 1.54) is 0 Å². The first-order chi connectivity index (χ1) is 7.29. The van der Waals surface area contributed by atoms with E-state index in [0.29, 0.717) is 6.42 Å². The molecule has 0 spiro atoms. The van der Waals surface area contributed by atoms with E-state index in [0.717, 1.165) is 6.42 Å². The van der Waals surface area contributed by atoms with Gasteiger partial charge in [0.2, 0.25) is 11.8 Å². The van der Waals surface area contributed by atoms with E-state index in [4.69, 9.17) is 0 Å². The van der Waals surface area contributed by atoms with Crippen LogP contribution in [0.5, 0.6) is 0 Å². The van der Waals surface area contributed by atoms with Gasteiger partial charge >= 0.3 is 0 Å². The van der Waals surface area contributed by atoms with E-state index in [-0.39, 0.29) is 29.4 Å². The van der Waals surface area contributed by atoms with E-state index < -0.39 is 0 Å². The van der Waals surface area contributed by atoms with Crippen LogP contribution in [-0.2, 0) is 9.59 Å². The molecule has 1 saturated heterocycles. The van der Waals surface area contributed by atoms with Crippen LogP contribution in [0.2, 0.25) is 0 Å². The summed E-state index contributed by atoms with van der Waals surface area (Å²) in [5.74, 6) is -0.00516. The highest BCUT2D eigenvalue weighted by atomic mass is 16.2. The first-order valence-corrected chi connectivity index (χ1v) is 5.92. The smallest absolute Gasteiger partial charge is 0.246 e. The third-order valence-corrected chi connectivity index (χ3v) is 2.92. The van der Waals surface area contributed by atoms with E-state index in [2.05, 4.69) is 5.32 Å². The fraction of sp³-hybridized carbons (Fsp3) is 0.833. The Morgan fingerprint density at radius 2 is 1.88 bits per heavy atom. The summed E-state index contributed by atoms with van der Waals surface area (Å²) in [6.07, 6.45) is 1.60. The fourth-order valence-corrected chi connectivity index (χ4v) is 2.23. The summed E-state index contributed by atoms with van der Waals surface area (Å²) in [5, 5.41) is 2.79. The number of rotatable bonds is 2. The predicted molar refractivity (Wildman–Crippen MR) is 62.9 cm³/mol. The molecule has 0 aromatic carbocycles. The molecule has 0 radical (unpaired) electrons. The SMILES string of the molecule is CCCC1NC(=O)C(C)N(C(C)(C)C)C1=O. The van der Waals surface area contributed by atoms with E-state index in [1.807, 2.05) is 27.7 Å². The minimum absolute atomic E-state index is 0.0430. The number of hydrogen-bond acceptors (Lipinski definition) is 2. The summed E-state index contributed by atoms with van der Waals surface area (Å²) >= 11 is 0. The number of nitrogens with zero attached hydrogens (tertiary/aromatic N) is 1. The van der Waals surface area contributed by atoms with Gasteiger partial charge in [0.1, 0.15) is 12.1 Å². The van der Waals surface area contributed by atoms with Crippen LogP contribution in [0.25, 0.3) is 0 Å². The summed E-state index contributed by atoms with van der Waals surface area (Å²) in [7, 11) is 0. The Morgan fingerprint density at radius 3 is 2.31 bits per heavy atom. The van der Waals surface area contributed by atoms with E-state index in [9.17, 15) is 9.59 Å². The molecule has 1 heterocycles. The lowest BCUT2D eigenvalue weighted by molar-refractivity contribution is -0.154. The molecule has 0 bridgehead atoms. The zero-order valence-corrected chi connectivity index (χ0v) is 10.8. The summed E-state index contributed by atoms with van der Waals surface area (Å²) in [5.41, 5.74) is -0.305. The second-order valence-corrected chi connectivity index (χ2v) is 5.40. The van der Waals surface area contributed by atoms with Gasteiger partial charge in [0.05, 0.1) is 0 Å². The Morgan fingerprint density at radius 1 is 1.31 bits per heavy atom. The average molecular weight is 226 g/mol. The van der Waals surface area contributed by atoms with Crippen LogP contribution in [0.15, 0.2) is 0 Å². The van der Waals surface area contributed by atoms with Gasteiger partial charge in [0.25, 0.3) is 0 Å². The van der Waals surface area contributed by atoms with Crippen molar-refractivity contribution in [3.05, 3.63) is 0 Å². The van der Waals surface area contributed by atoms with Crippen LogP contribution >= 0.6 is 0 Å². The molecule has 2 unspecified atom stereocenters. The van der Waals surface area contributed by atoms with Crippen molar-refractivity contribution in [2.75, 3.05) is 0 Å². The summed E-state index contributed by atoms with van der Waals surface area (Å²) in [6.45, 7) is 9.68. The maximum absolute atomic E-state index is 12.2. The van der Waals surface area contributed by atoms with Crippen LogP contribution in [0.3, 0.4) is 0 Å². The Kier molecular flexibility index (Phi) is 3.61. The lowest BCUT2D eigenvalue weighted by Gasteiger charge is -2.45. The standard InChI is InChI=1S/C12H22N2O2/c1-6-7-9-11(16)14(12(3,4)5)8(2)10(15)13-9/h8-9H,6-7H2,1-5H3,(H,13,15). The minimum atomic E-state index is -0.374. The number of piperazine rings is 1. The molecule has 4 heteroatoms. The van der Waals surface area contributed by atoms with Crippen molar-refractivity contribution in [3.8, 4) is 0 Å². The van der Waals surface area contributed by atoms with Gasteiger partial charge in [0.15, 0.2) is 0 Å². The van der Waals surface area contributed by atoms with Crippen molar-refractivity contribution in [2.45, 2.75) is 65.1 Å². The van der Waals surface area contributed by atoms with Crippen molar-refractivity contribution >= 4 is 11.8 Å². The maximum Gasteiger partial charge on any atom is 0.246 e. The predicted octanol–water partition coefficient (Wildman–Crippen LogP) is 1.30. The highest BCUT2D eigenvalue weighted by Gasteiger charge is 2.42. The van der Waals surface area contributed by atoms with E-state index >= 15 is 0 Å². The van der Waals surface area contributed by atoms with Crippen LogP contribution < -0.4 is 5.32 Å². The molecule has 1 fully saturated rings. The average Bonchev–Trinajstić information content (AvgIpc) is 2.12. The van der Waals surface area contributed by atoms with Gasteiger partial charge in [-0.1, -0.05) is 13.3 Å². The highest BCUT2D eigenvalue weighted by molar-refractivity contribution is 5.97. The molecule has 0 aromatic heterocycles. The molecule has 0 aliphatic carbocycles. The highest BCUT2D eigenvalue weighted by Crippen LogP contribution is 2.22. The minimum Gasteiger partial charge on any atom is -0.343 e. The lowest BCUT2D eigenvalue weighted by atomic mass is 9.96. The molecule has 0 aromatic rings. The van der Waals surface area contributed by atoms with Gasteiger partial charge in [-0.15, -0.1) is 0 Å². The van der Waals surface area contributed by atoms with Gasteiger partial charge < -0.3 is 10.2 Å². The van der Waals surface area contributed by atoms with Gasteiger partial charge in [-0.2, -0.15) is 0 Å². The second kappa shape index (κ2) is 4.44. The molecule has 4 nitrogen and oxygen atoms in total. The summed E-state index contributed by atoms with van der Waals surface area (Å²) < 4.78 is 0. The Labute approximate surface area is 97.4 Å². The summed E-state index contributed by atoms with van der Waals surface area (Å²) in [6, 6.07) is -0.714. The molecule has 1 aliphatic heterocycles. The van der Waals surface area contributed by atoms with Crippen LogP contribution in [0, 0.1) is 0 Å². The van der Waals surface area contributed by atoms with Crippen molar-refractivity contribution in [2.24, 2.45) is 0 Å². The number of amides is 2. The Hall–Kier alpha value is -1.06. The quantitative estimate of drug-likeness (QED) is 0.771. The molecule has 1 aliphatic rings. The van der Waals surface area contributed by atoms with Crippen molar-refractivity contribution in [1.82, 2.24) is 10.2 Å². The fourth-order valence-electron chi connectivity index (χ4n) is 2.23. The number of carbonyl (C=O) groups excluding carboxylic acids is 2. The first-order valence-electron chi connectivity index (χ1n) is 5.92. The van der Waals surface area contributed by atoms with Gasteiger partial charge in [0, 0.05) is 5.54 Å². The third-order valence-electron chi connectivity index (χ3n) is 2.92. The summed E-state index contributed by atoms with van der Waals surface area (Å²) in [4.78, 5) is 25.7. The first kappa shape index (κ1) is 13.0. The maximum atomic E-state index is 12.2. The zero-order valence-electron chi connectivity index (χ0n) is 10.8. The van der Waals surface area contributed by atoms with Gasteiger partial charge in [-0.25, -0.2) is 0 Å². The van der Waals surface area contributed by atoms with Crippen molar-refractivity contribution in [1.29, 1.82) is 0 Å².